The highest BCUT2D eigenvalue weighted by Crippen LogP contribution is 2.43. The molecule has 186 valence electrons. The van der Waals surface area contributed by atoms with Crippen molar-refractivity contribution in [2.75, 3.05) is 19.1 Å². The summed E-state index contributed by atoms with van der Waals surface area (Å²) in [5, 5.41) is 10.1. The van der Waals surface area contributed by atoms with Crippen molar-refractivity contribution in [1.29, 1.82) is 5.26 Å². The first-order valence-electron chi connectivity index (χ1n) is 11.5. The Labute approximate surface area is 208 Å². The second kappa shape index (κ2) is 10.5. The van der Waals surface area contributed by atoms with E-state index >= 15 is 4.39 Å². The number of carbonyl (C=O) groups is 2. The molecule has 0 amide bonds. The van der Waals surface area contributed by atoms with Crippen molar-refractivity contribution in [3.63, 3.8) is 0 Å². The first-order chi connectivity index (χ1) is 17.4. The molecule has 9 heteroatoms. The number of rotatable bonds is 6. The quantitative estimate of drug-likeness (QED) is 0.602. The maximum atomic E-state index is 15.1. The number of ether oxygens (including phenoxy) is 3. The number of benzene rings is 2. The molecule has 1 heterocycles. The average Bonchev–Trinajstić information content (AvgIpc) is 3.42. The molecule has 1 saturated carbocycles. The van der Waals surface area contributed by atoms with Gasteiger partial charge in [-0.1, -0.05) is 30.3 Å². The second-order valence-electron chi connectivity index (χ2n) is 8.47. The predicted octanol–water partition coefficient (Wildman–Crippen LogP) is 4.04. The molecule has 2 aliphatic rings. The Bertz CT molecular complexity index is 1280. The number of allylic oxidation sites excluding steroid dienone is 1. The van der Waals surface area contributed by atoms with Crippen molar-refractivity contribution in [3.05, 3.63) is 82.6 Å². The summed E-state index contributed by atoms with van der Waals surface area (Å²) in [5.41, 5.74) is 6.69. The molecule has 8 nitrogen and oxygen atoms in total. The van der Waals surface area contributed by atoms with Crippen molar-refractivity contribution < 1.29 is 28.2 Å². The fourth-order valence-electron chi connectivity index (χ4n) is 4.69. The van der Waals surface area contributed by atoms with Crippen LogP contribution in [0, 0.1) is 17.1 Å². The van der Waals surface area contributed by atoms with Gasteiger partial charge in [0.15, 0.2) is 11.6 Å². The van der Waals surface area contributed by atoms with Gasteiger partial charge >= 0.3 is 11.9 Å². The highest BCUT2D eigenvalue weighted by Gasteiger charge is 2.43. The van der Waals surface area contributed by atoms with Crippen LogP contribution >= 0.6 is 0 Å². The topological polar surface area (TPSA) is 115 Å². The molecule has 0 aromatic heterocycles. The van der Waals surface area contributed by atoms with Gasteiger partial charge in [0.25, 0.3) is 0 Å². The van der Waals surface area contributed by atoms with Gasteiger partial charge in [-0.2, -0.15) is 5.26 Å². The molecular formula is C27H26FN3O5. The molecule has 0 bridgehead atoms. The Morgan fingerprint density at radius 3 is 2.31 bits per heavy atom. The molecular weight excluding hydrogens is 465 g/mol. The molecule has 1 unspecified atom stereocenters. The number of hydrogen-bond donors (Lipinski definition) is 1. The monoisotopic (exact) mass is 491 g/mol. The van der Waals surface area contributed by atoms with E-state index in [4.69, 9.17) is 19.9 Å². The van der Waals surface area contributed by atoms with Crippen LogP contribution in [0.25, 0.3) is 0 Å². The number of nitrogens with zero attached hydrogens (tertiary/aromatic N) is 2. The highest BCUT2D eigenvalue weighted by molar-refractivity contribution is 6.06. The molecule has 0 radical (unpaired) electrons. The zero-order valence-corrected chi connectivity index (χ0v) is 20.0. The van der Waals surface area contributed by atoms with Crippen molar-refractivity contribution in [2.45, 2.75) is 37.7 Å². The SMILES string of the molecule is COC(=O)C1=C(C(=O)OC)N(c2ccc(OC3CCCC3)c(F)c2)C(N)=C(C#N)C1c1ccccc1. The summed E-state index contributed by atoms with van der Waals surface area (Å²) in [6.45, 7) is 0. The van der Waals surface area contributed by atoms with Gasteiger partial charge in [-0.3, -0.25) is 4.90 Å². The zero-order valence-electron chi connectivity index (χ0n) is 20.0. The Morgan fingerprint density at radius 1 is 1.06 bits per heavy atom. The maximum absolute atomic E-state index is 15.1. The Morgan fingerprint density at radius 2 is 1.72 bits per heavy atom. The number of nitriles is 1. The number of nitrogens with two attached hydrogens (primary N) is 1. The summed E-state index contributed by atoms with van der Waals surface area (Å²) in [6.07, 6.45) is 3.71. The van der Waals surface area contributed by atoms with Crippen molar-refractivity contribution in [3.8, 4) is 11.8 Å². The van der Waals surface area contributed by atoms with E-state index in [0.29, 0.717) is 5.56 Å². The predicted molar refractivity (Wildman–Crippen MR) is 129 cm³/mol. The molecule has 1 atom stereocenters. The summed E-state index contributed by atoms with van der Waals surface area (Å²) < 4.78 is 30.9. The van der Waals surface area contributed by atoms with Crippen LogP contribution in [0.4, 0.5) is 10.1 Å². The van der Waals surface area contributed by atoms with Crippen LogP contribution in [-0.4, -0.2) is 32.3 Å². The van der Waals surface area contributed by atoms with Gasteiger partial charge in [0.2, 0.25) is 0 Å². The third-order valence-corrected chi connectivity index (χ3v) is 6.38. The minimum Gasteiger partial charge on any atom is -0.487 e. The molecule has 4 rings (SSSR count). The number of methoxy groups -OCH3 is 2. The van der Waals surface area contributed by atoms with Gasteiger partial charge in [0.1, 0.15) is 11.5 Å². The Balaban J connectivity index is 1.90. The van der Waals surface area contributed by atoms with Gasteiger partial charge in [0.05, 0.1) is 49.1 Å². The molecule has 1 fully saturated rings. The largest absolute Gasteiger partial charge is 0.487 e. The van der Waals surface area contributed by atoms with E-state index in [-0.39, 0.29) is 40.2 Å². The van der Waals surface area contributed by atoms with Gasteiger partial charge in [0, 0.05) is 6.07 Å². The van der Waals surface area contributed by atoms with Crippen LogP contribution in [0.15, 0.2) is 71.2 Å². The second-order valence-corrected chi connectivity index (χ2v) is 8.47. The lowest BCUT2D eigenvalue weighted by atomic mass is 9.81. The van der Waals surface area contributed by atoms with E-state index in [1.807, 2.05) is 0 Å². The smallest absolute Gasteiger partial charge is 0.355 e. The molecule has 0 spiro atoms. The first kappa shape index (κ1) is 24.8. The van der Waals surface area contributed by atoms with E-state index in [1.165, 1.54) is 19.2 Å². The zero-order chi connectivity index (χ0) is 25.8. The average molecular weight is 492 g/mol. The fourth-order valence-corrected chi connectivity index (χ4v) is 4.69. The normalized spacial score (nSPS) is 18.2. The van der Waals surface area contributed by atoms with Gasteiger partial charge in [-0.15, -0.1) is 0 Å². The van der Waals surface area contributed by atoms with E-state index in [1.54, 1.807) is 30.3 Å². The summed E-state index contributed by atoms with van der Waals surface area (Å²) in [5.74, 6) is -3.48. The lowest BCUT2D eigenvalue weighted by Gasteiger charge is -2.36. The summed E-state index contributed by atoms with van der Waals surface area (Å²) in [4.78, 5) is 27.3. The highest BCUT2D eigenvalue weighted by atomic mass is 19.1. The summed E-state index contributed by atoms with van der Waals surface area (Å²) >= 11 is 0. The standard InChI is InChI=1S/C27H26FN3O5/c1-34-26(32)23-22(16-8-4-3-5-9-16)19(15-29)25(30)31(24(23)27(33)35-2)17-12-13-21(20(28)14-17)36-18-10-6-7-11-18/h3-5,8-9,12-14,18,22H,6-7,10-11,30H2,1-2H3. The van der Waals surface area contributed by atoms with E-state index in [2.05, 4.69) is 6.07 Å². The van der Waals surface area contributed by atoms with Crippen LogP contribution in [0.3, 0.4) is 0 Å². The van der Waals surface area contributed by atoms with E-state index in [9.17, 15) is 14.9 Å². The maximum Gasteiger partial charge on any atom is 0.355 e. The number of halogens is 1. The molecule has 1 aliphatic carbocycles. The molecule has 1 aliphatic heterocycles. The van der Waals surface area contributed by atoms with E-state index < -0.39 is 23.7 Å². The molecule has 0 saturated heterocycles. The van der Waals surface area contributed by atoms with Crippen LogP contribution in [0.1, 0.15) is 37.2 Å². The van der Waals surface area contributed by atoms with Crippen molar-refractivity contribution in [1.82, 2.24) is 0 Å². The Kier molecular flexibility index (Phi) is 7.25. The summed E-state index contributed by atoms with van der Waals surface area (Å²) in [6, 6.07) is 14.8. The van der Waals surface area contributed by atoms with Crippen LogP contribution in [0.5, 0.6) is 5.75 Å². The van der Waals surface area contributed by atoms with Gasteiger partial charge in [-0.05, 0) is 43.4 Å². The molecule has 2 aromatic rings. The lowest BCUT2D eigenvalue weighted by molar-refractivity contribution is -0.139. The minimum absolute atomic E-state index is 0.000873. The fraction of sp³-hybridized carbons (Fsp3) is 0.296. The van der Waals surface area contributed by atoms with Gasteiger partial charge in [-0.25, -0.2) is 14.0 Å². The van der Waals surface area contributed by atoms with Crippen molar-refractivity contribution in [2.24, 2.45) is 5.73 Å². The van der Waals surface area contributed by atoms with Crippen molar-refractivity contribution >= 4 is 17.6 Å². The third kappa shape index (κ3) is 4.50. The summed E-state index contributed by atoms with van der Waals surface area (Å²) in [7, 11) is 2.32. The third-order valence-electron chi connectivity index (χ3n) is 6.38. The van der Waals surface area contributed by atoms with Gasteiger partial charge < -0.3 is 19.9 Å². The van der Waals surface area contributed by atoms with Crippen LogP contribution in [0.2, 0.25) is 0 Å². The molecule has 36 heavy (non-hydrogen) atoms. The molecule has 2 aromatic carbocycles. The molecule has 2 N–H and O–H groups in total. The Hall–Kier alpha value is -4.32. The minimum atomic E-state index is -0.996. The van der Waals surface area contributed by atoms with Crippen LogP contribution in [-0.2, 0) is 19.1 Å². The van der Waals surface area contributed by atoms with Crippen LogP contribution < -0.4 is 15.4 Å². The number of esters is 2. The number of anilines is 1. The van der Waals surface area contributed by atoms with E-state index in [0.717, 1.165) is 43.8 Å². The number of carbonyl (C=O) groups excluding carboxylic acids is 2. The first-order valence-corrected chi connectivity index (χ1v) is 11.5. The number of hydrogen-bond acceptors (Lipinski definition) is 8. The lowest BCUT2D eigenvalue weighted by Crippen LogP contribution is -2.40.